The third-order valence-electron chi connectivity index (χ3n) is 4.63. The smallest absolute Gasteiger partial charge is 0.330 e. The number of carbonyl (C=O) groups is 2. The Morgan fingerprint density at radius 1 is 1.20 bits per heavy atom. The number of benzene rings is 2. The summed E-state index contributed by atoms with van der Waals surface area (Å²) in [6.45, 7) is 1.47. The summed E-state index contributed by atoms with van der Waals surface area (Å²) >= 11 is 0. The Bertz CT molecular complexity index is 865. The maximum absolute atomic E-state index is 12.6. The summed E-state index contributed by atoms with van der Waals surface area (Å²) in [5, 5.41) is 23.2. The molecule has 1 aliphatic carbocycles. The summed E-state index contributed by atoms with van der Waals surface area (Å²) in [6, 6.07) is 13.3. The lowest BCUT2D eigenvalue weighted by atomic mass is 10.0. The molecule has 0 radical (unpaired) electrons. The normalized spacial score (nSPS) is 21.4. The van der Waals surface area contributed by atoms with Crippen LogP contribution in [0.15, 0.2) is 48.5 Å². The van der Waals surface area contributed by atoms with Crippen LogP contribution >= 0.6 is 0 Å². The average Bonchev–Trinajstić information content (AvgIpc) is 3.31. The van der Waals surface area contributed by atoms with Crippen LogP contribution in [0.5, 0.6) is 0 Å². The molecule has 1 aliphatic rings. The highest BCUT2D eigenvalue weighted by atomic mass is 16.6. The summed E-state index contributed by atoms with van der Waals surface area (Å²) < 4.78 is 0. The van der Waals surface area contributed by atoms with Crippen molar-refractivity contribution in [3.05, 3.63) is 75.3 Å². The maximum atomic E-state index is 12.6. The molecule has 2 aromatic carbocycles. The highest BCUT2D eigenvalue weighted by molar-refractivity contribution is 6.01. The first-order valence-corrected chi connectivity index (χ1v) is 7.71. The summed E-state index contributed by atoms with van der Waals surface area (Å²) in [4.78, 5) is 34.8. The minimum Gasteiger partial charge on any atom is -0.479 e. The predicted octanol–water partition coefficient (Wildman–Crippen LogP) is 2.64. The monoisotopic (exact) mass is 340 g/mol. The zero-order valence-electron chi connectivity index (χ0n) is 13.4. The van der Waals surface area contributed by atoms with E-state index in [1.165, 1.54) is 25.1 Å². The maximum Gasteiger partial charge on any atom is 0.330 e. The molecule has 25 heavy (non-hydrogen) atoms. The van der Waals surface area contributed by atoms with Gasteiger partial charge in [0.2, 0.25) is 0 Å². The van der Waals surface area contributed by atoms with Crippen LogP contribution < -0.4 is 5.32 Å². The number of carboxylic acids is 1. The van der Waals surface area contributed by atoms with Gasteiger partial charge in [-0.1, -0.05) is 36.4 Å². The van der Waals surface area contributed by atoms with Crippen molar-refractivity contribution < 1.29 is 19.6 Å². The van der Waals surface area contributed by atoms with E-state index in [2.05, 4.69) is 5.32 Å². The fraction of sp³-hybridized carbons (Fsp3) is 0.222. The molecular weight excluding hydrogens is 324 g/mol. The molecule has 0 heterocycles. The third-order valence-corrected chi connectivity index (χ3v) is 4.63. The van der Waals surface area contributed by atoms with Gasteiger partial charge in [-0.15, -0.1) is 0 Å². The fourth-order valence-corrected chi connectivity index (χ4v) is 3.12. The summed E-state index contributed by atoms with van der Waals surface area (Å²) in [5.74, 6) is -2.06. The molecule has 1 saturated carbocycles. The van der Waals surface area contributed by atoms with Crippen molar-refractivity contribution in [1.82, 2.24) is 5.32 Å². The molecule has 1 amide bonds. The molecule has 0 spiro atoms. The Balaban J connectivity index is 1.88. The molecular formula is C18H16N2O5. The van der Waals surface area contributed by atoms with E-state index in [4.69, 9.17) is 0 Å². The van der Waals surface area contributed by atoms with Crippen molar-refractivity contribution in [2.75, 3.05) is 0 Å². The van der Waals surface area contributed by atoms with Crippen LogP contribution in [0.1, 0.15) is 33.8 Å². The van der Waals surface area contributed by atoms with Gasteiger partial charge in [-0.3, -0.25) is 14.9 Å². The second-order valence-corrected chi connectivity index (χ2v) is 6.10. The van der Waals surface area contributed by atoms with E-state index in [-0.39, 0.29) is 29.2 Å². The van der Waals surface area contributed by atoms with E-state index < -0.39 is 22.3 Å². The first-order valence-electron chi connectivity index (χ1n) is 7.71. The van der Waals surface area contributed by atoms with E-state index >= 15 is 0 Å². The van der Waals surface area contributed by atoms with Crippen molar-refractivity contribution in [2.45, 2.75) is 24.8 Å². The number of carboxylic acid groups (broad SMARTS) is 1. The van der Waals surface area contributed by atoms with Crippen LogP contribution in [0.25, 0.3) is 0 Å². The molecule has 7 nitrogen and oxygen atoms in total. The first kappa shape index (κ1) is 16.6. The minimum atomic E-state index is -1.38. The average molecular weight is 340 g/mol. The second-order valence-electron chi connectivity index (χ2n) is 6.10. The second kappa shape index (κ2) is 6.01. The van der Waals surface area contributed by atoms with Crippen molar-refractivity contribution >= 4 is 17.6 Å². The van der Waals surface area contributed by atoms with Crippen LogP contribution in [-0.2, 0) is 4.79 Å². The lowest BCUT2D eigenvalue weighted by Gasteiger charge is -2.16. The lowest BCUT2D eigenvalue weighted by Crippen LogP contribution is -2.44. The number of amides is 1. The van der Waals surface area contributed by atoms with Gasteiger partial charge in [0.1, 0.15) is 5.54 Å². The van der Waals surface area contributed by atoms with Crippen molar-refractivity contribution in [3.63, 3.8) is 0 Å². The van der Waals surface area contributed by atoms with Crippen LogP contribution in [0.3, 0.4) is 0 Å². The van der Waals surface area contributed by atoms with Crippen LogP contribution in [0.2, 0.25) is 0 Å². The van der Waals surface area contributed by atoms with Gasteiger partial charge in [-0.25, -0.2) is 4.79 Å². The summed E-state index contributed by atoms with van der Waals surface area (Å²) in [5.41, 5.74) is -0.403. The molecule has 0 saturated heterocycles. The fourth-order valence-electron chi connectivity index (χ4n) is 3.12. The zero-order valence-corrected chi connectivity index (χ0v) is 13.4. The topological polar surface area (TPSA) is 110 Å². The number of nitro benzene ring substituents is 1. The van der Waals surface area contributed by atoms with Gasteiger partial charge in [-0.05, 0) is 25.0 Å². The Morgan fingerprint density at radius 3 is 2.48 bits per heavy atom. The number of nitro groups is 1. The van der Waals surface area contributed by atoms with Crippen molar-refractivity contribution in [1.29, 1.82) is 0 Å². The molecule has 0 bridgehead atoms. The highest BCUT2D eigenvalue weighted by Gasteiger charge is 2.62. The number of aliphatic carboxylic acids is 1. The third kappa shape index (κ3) is 2.84. The largest absolute Gasteiger partial charge is 0.479 e. The van der Waals surface area contributed by atoms with Gasteiger partial charge in [0.25, 0.3) is 11.6 Å². The number of nitrogens with one attached hydrogen (secondary N) is 1. The molecule has 2 atom stereocenters. The highest BCUT2D eigenvalue weighted by Crippen LogP contribution is 2.51. The zero-order chi connectivity index (χ0) is 18.2. The predicted molar refractivity (Wildman–Crippen MR) is 89.5 cm³/mol. The molecule has 2 unspecified atom stereocenters. The van der Waals surface area contributed by atoms with Crippen LogP contribution in [0, 0.1) is 17.0 Å². The number of carbonyl (C=O) groups excluding carboxylic acids is 1. The lowest BCUT2D eigenvalue weighted by molar-refractivity contribution is -0.385. The van der Waals surface area contributed by atoms with Crippen molar-refractivity contribution in [2.24, 2.45) is 0 Å². The van der Waals surface area contributed by atoms with Gasteiger partial charge >= 0.3 is 5.97 Å². The van der Waals surface area contributed by atoms with E-state index in [0.717, 1.165) is 5.56 Å². The van der Waals surface area contributed by atoms with Gasteiger partial charge in [0, 0.05) is 23.1 Å². The van der Waals surface area contributed by atoms with Crippen LogP contribution in [0.4, 0.5) is 5.69 Å². The molecule has 1 fully saturated rings. The Labute approximate surface area is 143 Å². The molecule has 2 aromatic rings. The standard InChI is InChI=1S/C18H16N2O5/c1-11-13(8-5-9-15(11)20(24)25)16(21)19-18(17(22)23)10-14(18)12-6-3-2-4-7-12/h2-9,14H,10H2,1H3,(H,19,21)(H,22,23). The molecule has 0 aliphatic heterocycles. The number of hydrogen-bond acceptors (Lipinski definition) is 4. The van der Waals surface area contributed by atoms with E-state index in [0.29, 0.717) is 0 Å². The quantitative estimate of drug-likeness (QED) is 0.642. The number of rotatable bonds is 5. The molecule has 3 rings (SSSR count). The van der Waals surface area contributed by atoms with E-state index in [1.807, 2.05) is 30.3 Å². The van der Waals surface area contributed by atoms with Gasteiger partial charge in [-0.2, -0.15) is 0 Å². The molecule has 128 valence electrons. The van der Waals surface area contributed by atoms with E-state index in [1.54, 1.807) is 0 Å². The Kier molecular flexibility index (Phi) is 4.00. The van der Waals surface area contributed by atoms with Crippen molar-refractivity contribution in [3.8, 4) is 0 Å². The van der Waals surface area contributed by atoms with Crippen LogP contribution in [-0.4, -0.2) is 27.4 Å². The first-order chi connectivity index (χ1) is 11.9. The number of hydrogen-bond donors (Lipinski definition) is 2. The molecule has 0 aromatic heterocycles. The Morgan fingerprint density at radius 2 is 1.88 bits per heavy atom. The van der Waals surface area contributed by atoms with Gasteiger partial charge in [0.05, 0.1) is 4.92 Å². The van der Waals surface area contributed by atoms with Gasteiger partial charge in [0.15, 0.2) is 0 Å². The summed E-state index contributed by atoms with van der Waals surface area (Å²) in [6.07, 6.45) is 0.284. The SMILES string of the molecule is Cc1c(C(=O)NC2(C(=O)O)CC2c2ccccc2)cccc1[N+](=O)[O-]. The summed E-state index contributed by atoms with van der Waals surface area (Å²) in [7, 11) is 0. The molecule has 7 heteroatoms. The van der Waals surface area contributed by atoms with E-state index in [9.17, 15) is 24.8 Å². The number of nitrogens with zero attached hydrogens (tertiary/aromatic N) is 1. The Hall–Kier alpha value is -3.22. The minimum absolute atomic E-state index is 0.105. The molecule has 2 N–H and O–H groups in total. The van der Waals surface area contributed by atoms with Gasteiger partial charge < -0.3 is 10.4 Å².